The van der Waals surface area contributed by atoms with Crippen molar-refractivity contribution in [2.24, 2.45) is 0 Å². The molecule has 2 atom stereocenters. The number of hydrogen-bond acceptors (Lipinski definition) is 8. The second-order valence-corrected chi connectivity index (χ2v) is 11.5. The Morgan fingerprint density at radius 3 is 2.46 bits per heavy atom. The van der Waals surface area contributed by atoms with Gasteiger partial charge in [-0.3, -0.25) is 4.79 Å². The Hall–Kier alpha value is -3.27. The van der Waals surface area contributed by atoms with Gasteiger partial charge in [0.25, 0.3) is 0 Å². The highest BCUT2D eigenvalue weighted by Gasteiger charge is 2.34. The van der Waals surface area contributed by atoms with Crippen LogP contribution in [0, 0.1) is 6.92 Å². The minimum atomic E-state index is -3.13. The van der Waals surface area contributed by atoms with Gasteiger partial charge in [-0.1, -0.05) is 0 Å². The van der Waals surface area contributed by atoms with Gasteiger partial charge in [0, 0.05) is 17.2 Å². The molecule has 0 N–H and O–H groups in total. The Morgan fingerprint density at radius 1 is 1.14 bits per heavy atom. The van der Waals surface area contributed by atoms with E-state index in [9.17, 15) is 18.0 Å². The zero-order chi connectivity index (χ0) is 24.9. The van der Waals surface area contributed by atoms with E-state index in [1.54, 1.807) is 56.0 Å². The van der Waals surface area contributed by atoms with E-state index in [1.165, 1.54) is 0 Å². The average molecular weight is 498 g/mol. The second-order valence-electron chi connectivity index (χ2n) is 9.29. The van der Waals surface area contributed by atoms with Gasteiger partial charge in [0.05, 0.1) is 41.3 Å². The molecule has 2 fully saturated rings. The fourth-order valence-corrected chi connectivity index (χ4v) is 6.26. The Kier molecular flexibility index (Phi) is 5.86. The number of nitrogens with zero attached hydrogens (tertiary/aromatic N) is 3. The van der Waals surface area contributed by atoms with Crippen LogP contribution >= 0.6 is 0 Å². The van der Waals surface area contributed by atoms with Crippen molar-refractivity contribution < 1.29 is 27.5 Å². The maximum absolute atomic E-state index is 13.3. The lowest BCUT2D eigenvalue weighted by atomic mass is 10.1. The molecular formula is C25H27N3O6S. The van der Waals surface area contributed by atoms with Gasteiger partial charge < -0.3 is 9.47 Å². The van der Waals surface area contributed by atoms with Gasteiger partial charge in [-0.05, 0) is 63.4 Å². The maximum atomic E-state index is 13.3. The quantitative estimate of drug-likeness (QED) is 0.360. The van der Waals surface area contributed by atoms with E-state index in [1.807, 2.05) is 0 Å². The van der Waals surface area contributed by atoms with Crippen LogP contribution in [0.3, 0.4) is 0 Å². The summed E-state index contributed by atoms with van der Waals surface area (Å²) in [5.41, 5.74) is 2.54. The lowest BCUT2D eigenvalue weighted by Crippen LogP contribution is -2.24. The van der Waals surface area contributed by atoms with Crippen molar-refractivity contribution in [2.45, 2.75) is 51.2 Å². The van der Waals surface area contributed by atoms with Crippen LogP contribution in [-0.4, -0.2) is 59.7 Å². The summed E-state index contributed by atoms with van der Waals surface area (Å²) in [6.07, 6.45) is 1.41. The normalized spacial score (nSPS) is 20.0. The van der Waals surface area contributed by atoms with Crippen molar-refractivity contribution in [1.82, 2.24) is 14.8 Å². The van der Waals surface area contributed by atoms with Crippen molar-refractivity contribution >= 4 is 32.6 Å². The summed E-state index contributed by atoms with van der Waals surface area (Å²) in [6, 6.07) is 8.03. The number of benzene rings is 1. The maximum Gasteiger partial charge on any atom is 0.339 e. The van der Waals surface area contributed by atoms with Crippen molar-refractivity contribution in [3.63, 3.8) is 0 Å². The molecule has 1 aromatic carbocycles. The van der Waals surface area contributed by atoms with E-state index in [4.69, 9.17) is 14.5 Å². The molecule has 2 unspecified atom stereocenters. The first kappa shape index (κ1) is 23.5. The molecule has 10 heteroatoms. The molecule has 1 saturated carbocycles. The topological polar surface area (TPSA) is 117 Å². The minimum Gasteiger partial charge on any atom is -0.497 e. The van der Waals surface area contributed by atoms with Crippen LogP contribution in [-0.2, 0) is 14.6 Å². The van der Waals surface area contributed by atoms with Crippen molar-refractivity contribution in [3.8, 4) is 5.75 Å². The number of esters is 1. The van der Waals surface area contributed by atoms with E-state index in [-0.39, 0.29) is 29.2 Å². The van der Waals surface area contributed by atoms with E-state index in [2.05, 4.69) is 5.10 Å². The Bertz CT molecular complexity index is 1420. The number of rotatable bonds is 7. The predicted molar refractivity (Wildman–Crippen MR) is 129 cm³/mol. The van der Waals surface area contributed by atoms with Crippen LogP contribution in [0.4, 0.5) is 0 Å². The number of hydrogen-bond donors (Lipinski definition) is 0. The zero-order valence-electron chi connectivity index (χ0n) is 19.9. The highest BCUT2D eigenvalue weighted by Crippen LogP contribution is 2.41. The first-order chi connectivity index (χ1) is 16.7. The number of pyridine rings is 1. The molecule has 3 heterocycles. The lowest BCUT2D eigenvalue weighted by Gasteiger charge is -2.15. The Balaban J connectivity index is 1.48. The molecular weight excluding hydrogens is 470 g/mol. The molecule has 35 heavy (non-hydrogen) atoms. The first-order valence-corrected chi connectivity index (χ1v) is 13.5. The van der Waals surface area contributed by atoms with Gasteiger partial charge in [-0.15, -0.1) is 0 Å². The summed E-state index contributed by atoms with van der Waals surface area (Å²) >= 11 is 0. The summed E-state index contributed by atoms with van der Waals surface area (Å²) < 4.78 is 36.6. The third-order valence-electron chi connectivity index (χ3n) is 6.65. The predicted octanol–water partition coefficient (Wildman–Crippen LogP) is 3.41. The molecule has 2 aliphatic rings. The molecule has 0 bridgehead atoms. The summed E-state index contributed by atoms with van der Waals surface area (Å²) in [4.78, 5) is 31.0. The molecule has 3 aromatic rings. The Morgan fingerprint density at radius 2 is 1.86 bits per heavy atom. The van der Waals surface area contributed by atoms with Crippen LogP contribution in [0.15, 0.2) is 30.3 Å². The molecule has 1 saturated heterocycles. The third-order valence-corrected chi connectivity index (χ3v) is 8.40. The molecule has 1 aliphatic carbocycles. The number of carbonyl (C=O) groups is 2. The smallest absolute Gasteiger partial charge is 0.339 e. The van der Waals surface area contributed by atoms with Crippen molar-refractivity contribution in [1.29, 1.82) is 0 Å². The van der Waals surface area contributed by atoms with Crippen LogP contribution in [0.1, 0.15) is 70.2 Å². The minimum absolute atomic E-state index is 0.00569. The molecule has 0 radical (unpaired) electrons. The number of fused-ring (bicyclic) bond motifs is 1. The van der Waals surface area contributed by atoms with Gasteiger partial charge in [0.15, 0.2) is 21.6 Å². The number of aryl methyl sites for hydroxylation is 1. The molecule has 1 aliphatic heterocycles. The Labute approximate surface area is 203 Å². The number of aromatic nitrogens is 3. The standard InChI is InChI=1S/C25H27N3O6S/c1-14-22-20(25(30)34-15(2)23(29)17-6-8-19(33-3)9-7-17)12-21(16-4-5-16)26-24(22)28(27-14)18-10-11-35(31,32)13-18/h6-9,12,15-16,18H,4-5,10-11,13H2,1-3H3. The van der Waals surface area contributed by atoms with E-state index < -0.39 is 21.9 Å². The van der Waals surface area contributed by atoms with Crippen molar-refractivity contribution in [3.05, 3.63) is 52.8 Å². The fourth-order valence-electron chi connectivity index (χ4n) is 4.57. The highest BCUT2D eigenvalue weighted by molar-refractivity contribution is 7.91. The number of carbonyl (C=O) groups excluding carboxylic acids is 2. The van der Waals surface area contributed by atoms with Crippen molar-refractivity contribution in [2.75, 3.05) is 18.6 Å². The molecule has 2 aromatic heterocycles. The van der Waals surface area contributed by atoms with E-state index in [0.29, 0.717) is 40.0 Å². The van der Waals surface area contributed by atoms with Crippen LogP contribution in [0.5, 0.6) is 5.75 Å². The zero-order valence-corrected chi connectivity index (χ0v) is 20.7. The molecule has 9 nitrogen and oxygen atoms in total. The van der Waals surface area contributed by atoms with Crippen LogP contribution in [0.25, 0.3) is 11.0 Å². The van der Waals surface area contributed by atoms with E-state index in [0.717, 1.165) is 18.5 Å². The average Bonchev–Trinajstić information content (AvgIpc) is 3.56. The van der Waals surface area contributed by atoms with Gasteiger partial charge >= 0.3 is 5.97 Å². The summed E-state index contributed by atoms with van der Waals surface area (Å²) in [5, 5.41) is 5.12. The molecule has 5 rings (SSSR count). The largest absolute Gasteiger partial charge is 0.497 e. The fraction of sp³-hybridized carbons (Fsp3) is 0.440. The van der Waals surface area contributed by atoms with Gasteiger partial charge in [0.2, 0.25) is 5.78 Å². The number of ether oxygens (including phenoxy) is 2. The summed E-state index contributed by atoms with van der Waals surface area (Å²) in [7, 11) is -1.58. The SMILES string of the molecule is COc1ccc(C(=O)C(C)OC(=O)c2cc(C3CC3)nc3c2c(C)nn3C2CCS(=O)(=O)C2)cc1. The van der Waals surface area contributed by atoms with Crippen LogP contribution < -0.4 is 4.74 Å². The van der Waals surface area contributed by atoms with Gasteiger partial charge in [-0.25, -0.2) is 22.9 Å². The molecule has 0 amide bonds. The molecule has 184 valence electrons. The first-order valence-electron chi connectivity index (χ1n) is 11.7. The monoisotopic (exact) mass is 497 g/mol. The summed E-state index contributed by atoms with van der Waals surface area (Å²) in [6.45, 7) is 3.31. The third kappa shape index (κ3) is 4.54. The number of methoxy groups -OCH3 is 1. The highest BCUT2D eigenvalue weighted by atomic mass is 32.2. The summed E-state index contributed by atoms with van der Waals surface area (Å²) in [5.74, 6) is 0.0416. The molecule has 0 spiro atoms. The van der Waals surface area contributed by atoms with Gasteiger partial charge in [0.1, 0.15) is 5.75 Å². The number of ketones is 1. The van der Waals surface area contributed by atoms with Gasteiger partial charge in [-0.2, -0.15) is 5.10 Å². The van der Waals surface area contributed by atoms with Crippen LogP contribution in [0.2, 0.25) is 0 Å². The lowest BCUT2D eigenvalue weighted by molar-refractivity contribution is 0.0320. The number of sulfone groups is 1. The second kappa shape index (κ2) is 8.75. The van der Waals surface area contributed by atoms with E-state index >= 15 is 0 Å². The number of Topliss-reactive ketones (excluding diaryl/α,β-unsaturated/α-hetero) is 1.